The number of hydrogen-bond donors (Lipinski definition) is 2. The van der Waals surface area contributed by atoms with Gasteiger partial charge < -0.3 is 29.5 Å². The summed E-state index contributed by atoms with van der Waals surface area (Å²) in [6.07, 6.45) is 4.60. The molecule has 2 N–H and O–H groups in total. The number of amides is 1. The van der Waals surface area contributed by atoms with Gasteiger partial charge in [0.1, 0.15) is 11.4 Å². The van der Waals surface area contributed by atoms with Gasteiger partial charge >= 0.3 is 0 Å². The Labute approximate surface area is 185 Å². The second kappa shape index (κ2) is 10.7. The first-order valence-corrected chi connectivity index (χ1v) is 10.5. The van der Waals surface area contributed by atoms with Crippen LogP contribution in [0.1, 0.15) is 23.2 Å². The minimum Gasteiger partial charge on any atom is -0.483 e. The molecular formula is C21H28N6O5. The van der Waals surface area contributed by atoms with E-state index in [1.165, 1.54) is 4.57 Å². The zero-order valence-electron chi connectivity index (χ0n) is 18.0. The number of carbonyl (C=O) groups is 2. The van der Waals surface area contributed by atoms with Crippen molar-refractivity contribution in [1.29, 1.82) is 0 Å². The Morgan fingerprint density at radius 3 is 2.66 bits per heavy atom. The molecule has 2 aromatic heterocycles. The monoisotopic (exact) mass is 444 g/mol. The Kier molecular flexibility index (Phi) is 7.77. The molecule has 0 saturated carbocycles. The van der Waals surface area contributed by atoms with Crippen LogP contribution in [-0.4, -0.2) is 87.4 Å². The maximum atomic E-state index is 12.9. The lowest BCUT2D eigenvalue weighted by Crippen LogP contribution is -2.38. The number of anilines is 2. The second-order valence-electron chi connectivity index (χ2n) is 7.68. The number of pyridine rings is 1. The summed E-state index contributed by atoms with van der Waals surface area (Å²) in [5.74, 6) is 1.22. The minimum absolute atomic E-state index is 0.203. The number of carboxylic acid groups (broad SMARTS) is 1. The molecule has 0 radical (unpaired) electrons. The van der Waals surface area contributed by atoms with Gasteiger partial charge in [-0.05, 0) is 31.0 Å². The van der Waals surface area contributed by atoms with E-state index in [0.29, 0.717) is 32.1 Å². The highest BCUT2D eigenvalue weighted by Crippen LogP contribution is 2.21. The Hall–Kier alpha value is -3.47. The summed E-state index contributed by atoms with van der Waals surface area (Å²) in [6, 6.07) is 5.16. The SMILES string of the molecule is Cn1cccc(C(=O)N2CCCN(c3nccc(N4CCC(O)C4)n3)CC2)c1=O.O=CO. The van der Waals surface area contributed by atoms with E-state index >= 15 is 0 Å². The van der Waals surface area contributed by atoms with Crippen LogP contribution in [0, 0.1) is 0 Å². The Balaban J connectivity index is 0.000000913. The fourth-order valence-electron chi connectivity index (χ4n) is 3.87. The Morgan fingerprint density at radius 2 is 1.94 bits per heavy atom. The minimum atomic E-state index is -0.308. The first kappa shape index (κ1) is 23.2. The van der Waals surface area contributed by atoms with Crippen LogP contribution >= 0.6 is 0 Å². The molecule has 1 unspecified atom stereocenters. The van der Waals surface area contributed by atoms with Crippen LogP contribution in [-0.2, 0) is 11.8 Å². The van der Waals surface area contributed by atoms with Gasteiger partial charge in [0.25, 0.3) is 17.9 Å². The van der Waals surface area contributed by atoms with Gasteiger partial charge in [0.15, 0.2) is 0 Å². The second-order valence-corrected chi connectivity index (χ2v) is 7.68. The van der Waals surface area contributed by atoms with Crippen molar-refractivity contribution in [1.82, 2.24) is 19.4 Å². The van der Waals surface area contributed by atoms with Crippen LogP contribution in [0.4, 0.5) is 11.8 Å². The molecule has 0 aromatic carbocycles. The average Bonchev–Trinajstić information content (AvgIpc) is 3.07. The summed E-state index contributed by atoms with van der Waals surface area (Å²) in [6.45, 7) is 3.56. The normalized spacial score (nSPS) is 18.6. The van der Waals surface area contributed by atoms with E-state index in [-0.39, 0.29) is 29.6 Å². The molecule has 2 saturated heterocycles. The van der Waals surface area contributed by atoms with E-state index in [1.54, 1.807) is 36.5 Å². The van der Waals surface area contributed by atoms with Gasteiger partial charge in [0.2, 0.25) is 5.95 Å². The number of hydrogen-bond acceptors (Lipinski definition) is 8. The summed E-state index contributed by atoms with van der Waals surface area (Å²) >= 11 is 0. The highest BCUT2D eigenvalue weighted by atomic mass is 16.3. The van der Waals surface area contributed by atoms with Crippen LogP contribution in [0.2, 0.25) is 0 Å². The fraction of sp³-hybridized carbons (Fsp3) is 0.476. The summed E-state index contributed by atoms with van der Waals surface area (Å²) in [5.41, 5.74) is -0.0725. The van der Waals surface area contributed by atoms with Crippen molar-refractivity contribution < 1.29 is 19.8 Å². The molecule has 172 valence electrons. The molecule has 32 heavy (non-hydrogen) atoms. The third-order valence-electron chi connectivity index (χ3n) is 5.54. The van der Waals surface area contributed by atoms with Crippen LogP contribution < -0.4 is 15.4 Å². The number of aliphatic hydroxyl groups excluding tert-OH is 1. The smallest absolute Gasteiger partial charge is 0.290 e. The van der Waals surface area contributed by atoms with Crippen molar-refractivity contribution in [3.05, 3.63) is 46.5 Å². The third-order valence-corrected chi connectivity index (χ3v) is 5.54. The number of aryl methyl sites for hydroxylation is 1. The number of rotatable bonds is 3. The molecule has 11 nitrogen and oxygen atoms in total. The van der Waals surface area contributed by atoms with E-state index in [9.17, 15) is 14.7 Å². The van der Waals surface area contributed by atoms with Gasteiger partial charge in [-0.2, -0.15) is 4.98 Å². The van der Waals surface area contributed by atoms with Crippen LogP contribution in [0.15, 0.2) is 35.4 Å². The first-order valence-electron chi connectivity index (χ1n) is 10.5. The summed E-state index contributed by atoms with van der Waals surface area (Å²) < 4.78 is 1.42. The average molecular weight is 444 g/mol. The van der Waals surface area contributed by atoms with Crippen molar-refractivity contribution in [2.75, 3.05) is 49.1 Å². The van der Waals surface area contributed by atoms with Gasteiger partial charge in [0, 0.05) is 58.7 Å². The molecule has 1 amide bonds. The van der Waals surface area contributed by atoms with Gasteiger partial charge in [0.05, 0.1) is 6.10 Å². The molecule has 2 aliphatic rings. The number of aromatic nitrogens is 3. The Morgan fingerprint density at radius 1 is 1.16 bits per heavy atom. The lowest BCUT2D eigenvalue weighted by atomic mass is 10.2. The number of β-amino-alcohol motifs (C(OH)–C–C–N with tert-alkyl or cyclic N) is 1. The number of nitrogens with zero attached hydrogens (tertiary/aromatic N) is 6. The van der Waals surface area contributed by atoms with Gasteiger partial charge in [-0.3, -0.25) is 14.4 Å². The van der Waals surface area contributed by atoms with E-state index in [0.717, 1.165) is 31.7 Å². The molecule has 2 fully saturated rings. The largest absolute Gasteiger partial charge is 0.483 e. The predicted octanol–water partition coefficient (Wildman–Crippen LogP) is -0.200. The maximum Gasteiger partial charge on any atom is 0.290 e. The first-order chi connectivity index (χ1) is 15.4. The molecule has 0 aliphatic carbocycles. The van der Waals surface area contributed by atoms with Crippen molar-refractivity contribution in [2.45, 2.75) is 18.9 Å². The standard InChI is InChI=1S/C20H26N6O3.CH2O2/c1-23-8-2-4-16(18(23)28)19(29)24-9-3-10-25(13-12-24)20-21-7-5-17(22-20)26-11-6-15(27)14-26;2-1-3/h2,4-5,7-8,15,27H,3,6,9-14H2,1H3;1H,(H,2,3). The summed E-state index contributed by atoms with van der Waals surface area (Å²) in [5, 5.41) is 16.7. The summed E-state index contributed by atoms with van der Waals surface area (Å²) in [7, 11) is 1.65. The quantitative estimate of drug-likeness (QED) is 0.618. The highest BCUT2D eigenvalue weighted by Gasteiger charge is 2.25. The molecule has 0 spiro atoms. The molecule has 4 rings (SSSR count). The zero-order valence-corrected chi connectivity index (χ0v) is 18.0. The van der Waals surface area contributed by atoms with E-state index < -0.39 is 0 Å². The molecular weight excluding hydrogens is 416 g/mol. The van der Waals surface area contributed by atoms with Crippen LogP contribution in [0.5, 0.6) is 0 Å². The zero-order chi connectivity index (χ0) is 23.1. The van der Waals surface area contributed by atoms with Crippen LogP contribution in [0.3, 0.4) is 0 Å². The molecule has 2 aromatic rings. The van der Waals surface area contributed by atoms with Gasteiger partial charge in [-0.25, -0.2) is 4.98 Å². The highest BCUT2D eigenvalue weighted by molar-refractivity contribution is 5.93. The van der Waals surface area contributed by atoms with Crippen molar-refractivity contribution in [3.8, 4) is 0 Å². The van der Waals surface area contributed by atoms with Crippen molar-refractivity contribution >= 4 is 24.1 Å². The lowest BCUT2D eigenvalue weighted by Gasteiger charge is -2.23. The fourth-order valence-corrected chi connectivity index (χ4v) is 3.87. The Bertz CT molecular complexity index is 997. The summed E-state index contributed by atoms with van der Waals surface area (Å²) in [4.78, 5) is 48.5. The van der Waals surface area contributed by atoms with Gasteiger partial charge in [-0.1, -0.05) is 0 Å². The molecule has 4 heterocycles. The van der Waals surface area contributed by atoms with Gasteiger partial charge in [-0.15, -0.1) is 0 Å². The third kappa shape index (κ3) is 5.41. The molecule has 2 aliphatic heterocycles. The van der Waals surface area contributed by atoms with E-state index in [2.05, 4.69) is 19.8 Å². The molecule has 1 atom stereocenters. The number of aliphatic hydroxyl groups is 1. The topological polar surface area (TPSA) is 132 Å². The predicted molar refractivity (Wildman–Crippen MR) is 118 cm³/mol. The van der Waals surface area contributed by atoms with Crippen molar-refractivity contribution in [3.63, 3.8) is 0 Å². The van der Waals surface area contributed by atoms with Crippen molar-refractivity contribution in [2.24, 2.45) is 7.05 Å². The molecule has 0 bridgehead atoms. The van der Waals surface area contributed by atoms with E-state index in [4.69, 9.17) is 9.90 Å². The van der Waals surface area contributed by atoms with Crippen LogP contribution in [0.25, 0.3) is 0 Å². The lowest BCUT2D eigenvalue weighted by molar-refractivity contribution is -0.122. The van der Waals surface area contributed by atoms with E-state index in [1.807, 2.05) is 6.07 Å². The maximum absolute atomic E-state index is 12.9. The molecule has 11 heteroatoms. The number of carbonyl (C=O) groups excluding carboxylic acids is 1.